The van der Waals surface area contributed by atoms with Crippen LogP contribution < -0.4 is 10.1 Å². The van der Waals surface area contributed by atoms with Crippen molar-refractivity contribution in [2.75, 3.05) is 7.11 Å². The van der Waals surface area contributed by atoms with E-state index in [1.807, 2.05) is 41.9 Å². The number of benzene rings is 1. The minimum Gasteiger partial charge on any atom is -0.481 e. The Bertz CT molecular complexity index is 558. The molecule has 1 aliphatic rings. The minimum atomic E-state index is 0.684. The second-order valence-electron chi connectivity index (χ2n) is 4.98. The van der Waals surface area contributed by atoms with Crippen molar-refractivity contribution in [2.45, 2.75) is 32.4 Å². The number of hydrogen-bond donors (Lipinski definition) is 1. The highest BCUT2D eigenvalue weighted by atomic mass is 16.5. The van der Waals surface area contributed by atoms with Gasteiger partial charge in [-0.25, -0.2) is 4.68 Å². The lowest BCUT2D eigenvalue weighted by Gasteiger charge is -2.08. The van der Waals surface area contributed by atoms with E-state index >= 15 is 0 Å². The van der Waals surface area contributed by atoms with Gasteiger partial charge in [-0.05, 0) is 31.9 Å². The van der Waals surface area contributed by atoms with Gasteiger partial charge in [0.25, 0.3) is 0 Å². The topological polar surface area (TPSA) is 39.1 Å². The molecule has 0 aliphatic heterocycles. The van der Waals surface area contributed by atoms with E-state index in [1.54, 1.807) is 7.11 Å². The van der Waals surface area contributed by atoms with Gasteiger partial charge >= 0.3 is 0 Å². The first-order chi connectivity index (χ1) is 9.29. The Morgan fingerprint density at radius 2 is 2.05 bits per heavy atom. The number of hydrogen-bond acceptors (Lipinski definition) is 3. The number of aryl methyl sites for hydroxylation is 1. The van der Waals surface area contributed by atoms with Gasteiger partial charge in [0.05, 0.1) is 24.1 Å². The number of aromatic nitrogens is 2. The third-order valence-corrected chi connectivity index (χ3v) is 3.48. The number of methoxy groups -OCH3 is 1. The zero-order valence-electron chi connectivity index (χ0n) is 11.4. The fourth-order valence-electron chi connectivity index (χ4n) is 2.23. The van der Waals surface area contributed by atoms with E-state index in [0.29, 0.717) is 6.04 Å². The molecule has 0 unspecified atom stereocenters. The summed E-state index contributed by atoms with van der Waals surface area (Å²) >= 11 is 0. The van der Waals surface area contributed by atoms with E-state index in [4.69, 9.17) is 4.74 Å². The van der Waals surface area contributed by atoms with Gasteiger partial charge in [0, 0.05) is 12.6 Å². The first kappa shape index (κ1) is 12.2. The summed E-state index contributed by atoms with van der Waals surface area (Å²) in [7, 11) is 1.70. The maximum atomic E-state index is 5.56. The monoisotopic (exact) mass is 257 g/mol. The van der Waals surface area contributed by atoms with Crippen molar-refractivity contribution in [2.24, 2.45) is 0 Å². The van der Waals surface area contributed by atoms with Gasteiger partial charge in [0.15, 0.2) is 0 Å². The predicted octanol–water partition coefficient (Wildman–Crippen LogP) is 2.44. The molecule has 1 fully saturated rings. The Kier molecular flexibility index (Phi) is 3.25. The summed E-state index contributed by atoms with van der Waals surface area (Å²) in [5, 5.41) is 8.12. The van der Waals surface area contributed by atoms with Crippen molar-refractivity contribution < 1.29 is 4.74 Å². The lowest BCUT2D eigenvalue weighted by Crippen LogP contribution is -2.16. The van der Waals surface area contributed by atoms with Crippen LogP contribution in [-0.4, -0.2) is 22.9 Å². The van der Waals surface area contributed by atoms with Gasteiger partial charge < -0.3 is 10.1 Å². The Hall–Kier alpha value is -1.81. The molecular weight excluding hydrogens is 238 g/mol. The van der Waals surface area contributed by atoms with Crippen LogP contribution in [0.4, 0.5) is 0 Å². The lowest BCUT2D eigenvalue weighted by atomic mass is 10.2. The van der Waals surface area contributed by atoms with Crippen molar-refractivity contribution in [3.8, 4) is 11.6 Å². The molecule has 1 N–H and O–H groups in total. The van der Waals surface area contributed by atoms with Crippen LogP contribution in [0.2, 0.25) is 0 Å². The number of ether oxygens (including phenoxy) is 1. The molecule has 0 saturated heterocycles. The van der Waals surface area contributed by atoms with Crippen LogP contribution >= 0.6 is 0 Å². The van der Waals surface area contributed by atoms with Gasteiger partial charge in [-0.3, -0.25) is 0 Å². The highest BCUT2D eigenvalue weighted by Crippen LogP contribution is 2.27. The van der Waals surface area contributed by atoms with Gasteiger partial charge in [0.1, 0.15) is 0 Å². The highest BCUT2D eigenvalue weighted by molar-refractivity contribution is 5.41. The Labute approximate surface area is 113 Å². The van der Waals surface area contributed by atoms with E-state index in [1.165, 1.54) is 12.8 Å². The summed E-state index contributed by atoms with van der Waals surface area (Å²) in [5.41, 5.74) is 3.20. The third-order valence-electron chi connectivity index (χ3n) is 3.48. The summed E-state index contributed by atoms with van der Waals surface area (Å²) in [5.74, 6) is 0.830. The molecule has 1 aromatic heterocycles. The van der Waals surface area contributed by atoms with Crippen molar-refractivity contribution in [3.05, 3.63) is 41.6 Å². The molecule has 1 aromatic carbocycles. The summed E-state index contributed by atoms with van der Waals surface area (Å²) in [6.07, 6.45) is 2.57. The van der Waals surface area contributed by atoms with Crippen molar-refractivity contribution in [1.29, 1.82) is 0 Å². The Balaban J connectivity index is 1.93. The van der Waals surface area contributed by atoms with E-state index in [0.717, 1.165) is 29.4 Å². The Morgan fingerprint density at radius 1 is 1.32 bits per heavy atom. The van der Waals surface area contributed by atoms with Gasteiger partial charge in [-0.15, -0.1) is 0 Å². The van der Waals surface area contributed by atoms with Gasteiger partial charge in [0.2, 0.25) is 5.88 Å². The lowest BCUT2D eigenvalue weighted by molar-refractivity contribution is 0.377. The summed E-state index contributed by atoms with van der Waals surface area (Å²) in [4.78, 5) is 0. The molecule has 4 nitrogen and oxygen atoms in total. The van der Waals surface area contributed by atoms with Crippen LogP contribution in [0, 0.1) is 6.92 Å². The fourth-order valence-corrected chi connectivity index (χ4v) is 2.23. The molecule has 1 aliphatic carbocycles. The zero-order chi connectivity index (χ0) is 13.2. The number of rotatable bonds is 5. The van der Waals surface area contributed by atoms with Crippen LogP contribution in [-0.2, 0) is 6.54 Å². The second kappa shape index (κ2) is 5.05. The fraction of sp³-hybridized carbons (Fsp3) is 0.400. The second-order valence-corrected chi connectivity index (χ2v) is 4.98. The van der Waals surface area contributed by atoms with Crippen LogP contribution in [0.5, 0.6) is 5.88 Å². The largest absolute Gasteiger partial charge is 0.481 e. The predicted molar refractivity (Wildman–Crippen MR) is 74.7 cm³/mol. The molecule has 1 saturated carbocycles. The van der Waals surface area contributed by atoms with Crippen molar-refractivity contribution >= 4 is 0 Å². The molecule has 0 amide bonds. The van der Waals surface area contributed by atoms with E-state index < -0.39 is 0 Å². The maximum absolute atomic E-state index is 5.56. The smallest absolute Gasteiger partial charge is 0.221 e. The summed E-state index contributed by atoms with van der Waals surface area (Å²) < 4.78 is 7.44. The molecule has 19 heavy (non-hydrogen) atoms. The molecule has 0 radical (unpaired) electrons. The molecule has 0 bridgehead atoms. The molecule has 1 heterocycles. The first-order valence-electron chi connectivity index (χ1n) is 6.71. The quantitative estimate of drug-likeness (QED) is 0.894. The van der Waals surface area contributed by atoms with Crippen LogP contribution in [0.1, 0.15) is 24.1 Å². The molecule has 0 spiro atoms. The van der Waals surface area contributed by atoms with Crippen molar-refractivity contribution in [3.63, 3.8) is 0 Å². The van der Waals surface area contributed by atoms with Crippen LogP contribution in [0.25, 0.3) is 5.69 Å². The van der Waals surface area contributed by atoms with Gasteiger partial charge in [-0.1, -0.05) is 18.2 Å². The van der Waals surface area contributed by atoms with E-state index in [-0.39, 0.29) is 0 Å². The average Bonchev–Trinajstić information content (AvgIpc) is 3.21. The molecule has 0 atom stereocenters. The summed E-state index contributed by atoms with van der Waals surface area (Å²) in [6, 6.07) is 10.8. The third kappa shape index (κ3) is 2.49. The number of nitrogens with one attached hydrogen (secondary N) is 1. The zero-order valence-corrected chi connectivity index (χ0v) is 11.4. The SMILES string of the molecule is COc1c(CNC2CC2)c(C)nn1-c1ccccc1. The standard InChI is InChI=1S/C15H19N3O/c1-11-14(10-16-12-8-9-12)15(19-2)18(17-11)13-6-4-3-5-7-13/h3-7,12,16H,8-10H2,1-2H3. The first-order valence-corrected chi connectivity index (χ1v) is 6.71. The number of para-hydroxylation sites is 1. The molecule has 3 rings (SSSR count). The summed E-state index contributed by atoms with van der Waals surface area (Å²) in [6.45, 7) is 2.86. The minimum absolute atomic E-state index is 0.684. The maximum Gasteiger partial charge on any atom is 0.221 e. The number of nitrogens with zero attached hydrogens (tertiary/aromatic N) is 2. The van der Waals surface area contributed by atoms with E-state index in [9.17, 15) is 0 Å². The average molecular weight is 257 g/mol. The van der Waals surface area contributed by atoms with Crippen LogP contribution in [0.15, 0.2) is 30.3 Å². The molecule has 2 aromatic rings. The highest BCUT2D eigenvalue weighted by Gasteiger charge is 2.23. The Morgan fingerprint density at radius 3 is 2.68 bits per heavy atom. The van der Waals surface area contributed by atoms with Gasteiger partial charge in [-0.2, -0.15) is 5.10 Å². The van der Waals surface area contributed by atoms with E-state index in [2.05, 4.69) is 10.4 Å². The van der Waals surface area contributed by atoms with Crippen molar-refractivity contribution in [1.82, 2.24) is 15.1 Å². The molecule has 100 valence electrons. The molecular formula is C15H19N3O. The van der Waals surface area contributed by atoms with Crippen LogP contribution in [0.3, 0.4) is 0 Å². The normalized spacial score (nSPS) is 14.6. The molecule has 4 heteroatoms.